The molecule has 4 heteroatoms. The summed E-state index contributed by atoms with van der Waals surface area (Å²) in [6.07, 6.45) is 5.00. The number of carboxylic acid groups (broad SMARTS) is 1. The highest BCUT2D eigenvalue weighted by atomic mass is 16.4. The van der Waals surface area contributed by atoms with Crippen LogP contribution in [0, 0.1) is 19.3 Å². The summed E-state index contributed by atoms with van der Waals surface area (Å²) in [5, 5.41) is 8.39. The Morgan fingerprint density at radius 2 is 2.45 bits per heavy atom. The molecule has 0 aliphatic heterocycles. The fraction of sp³-hybridized carbons (Fsp3) is 0.143. The first-order valence-corrected chi connectivity index (χ1v) is 2.82. The van der Waals surface area contributed by atoms with Gasteiger partial charge in [-0.05, 0) is 12.8 Å². The molecule has 56 valence electrons. The van der Waals surface area contributed by atoms with E-state index >= 15 is 0 Å². The molecule has 1 rings (SSSR count). The van der Waals surface area contributed by atoms with Gasteiger partial charge in [-0.15, -0.1) is 6.42 Å². The van der Waals surface area contributed by atoms with Crippen LogP contribution in [-0.4, -0.2) is 16.1 Å². The number of aromatic nitrogens is 1. The van der Waals surface area contributed by atoms with Crippen LogP contribution in [-0.2, 0) is 0 Å². The van der Waals surface area contributed by atoms with Crippen molar-refractivity contribution in [2.45, 2.75) is 6.92 Å². The molecular formula is C7H5NO3. The van der Waals surface area contributed by atoms with Crippen molar-refractivity contribution in [2.75, 3.05) is 0 Å². The number of hydrogen-bond donors (Lipinski definition) is 1. The van der Waals surface area contributed by atoms with Crippen molar-refractivity contribution in [1.29, 1.82) is 0 Å². The summed E-state index contributed by atoms with van der Waals surface area (Å²) in [5.74, 6) is 0.975. The number of aromatic carboxylic acids is 1. The highest BCUT2D eigenvalue weighted by molar-refractivity contribution is 5.82. The Kier molecular flexibility index (Phi) is 1.65. The molecular weight excluding hydrogens is 146 g/mol. The summed E-state index contributed by atoms with van der Waals surface area (Å²) in [5.41, 5.74) is 0.238. The number of terminal acetylenes is 1. The minimum atomic E-state index is -1.21. The van der Waals surface area contributed by atoms with Crippen LogP contribution in [0.1, 0.15) is 22.1 Å². The van der Waals surface area contributed by atoms with Gasteiger partial charge in [0.1, 0.15) is 5.76 Å². The summed E-state index contributed by atoms with van der Waals surface area (Å²) < 4.78 is 4.71. The van der Waals surface area contributed by atoms with Crippen molar-refractivity contribution in [1.82, 2.24) is 4.98 Å². The third kappa shape index (κ3) is 1.22. The molecule has 0 amide bonds. The van der Waals surface area contributed by atoms with Crippen LogP contribution < -0.4 is 0 Å². The molecule has 0 atom stereocenters. The maximum absolute atomic E-state index is 10.3. The van der Waals surface area contributed by atoms with Gasteiger partial charge in [-0.3, -0.25) is 0 Å². The van der Waals surface area contributed by atoms with Crippen molar-refractivity contribution in [3.8, 4) is 12.3 Å². The van der Waals surface area contributed by atoms with Crippen LogP contribution >= 0.6 is 0 Å². The maximum Gasteiger partial charge on any atom is 0.392 e. The van der Waals surface area contributed by atoms with Gasteiger partial charge >= 0.3 is 11.9 Å². The summed E-state index contributed by atoms with van der Waals surface area (Å²) in [7, 11) is 0. The second-order valence-corrected chi connectivity index (χ2v) is 1.87. The fourth-order valence-electron chi connectivity index (χ4n) is 0.622. The lowest BCUT2D eigenvalue weighted by molar-refractivity contribution is 0.0652. The van der Waals surface area contributed by atoms with Crippen LogP contribution in [0.15, 0.2) is 4.42 Å². The zero-order valence-electron chi connectivity index (χ0n) is 5.79. The van der Waals surface area contributed by atoms with E-state index in [2.05, 4.69) is 10.9 Å². The Morgan fingerprint density at radius 3 is 2.73 bits per heavy atom. The molecule has 1 aromatic heterocycles. The minimum absolute atomic E-state index is 0.238. The lowest BCUT2D eigenvalue weighted by atomic mass is 10.4. The summed E-state index contributed by atoms with van der Waals surface area (Å²) in [4.78, 5) is 13.8. The third-order valence-corrected chi connectivity index (χ3v) is 1.12. The molecule has 0 spiro atoms. The molecule has 0 saturated heterocycles. The number of nitrogens with zero attached hydrogens (tertiary/aromatic N) is 1. The van der Waals surface area contributed by atoms with Crippen LogP contribution in [0.5, 0.6) is 0 Å². The highest BCUT2D eigenvalue weighted by Gasteiger charge is 2.13. The molecule has 0 fully saturated rings. The van der Waals surface area contributed by atoms with Gasteiger partial charge in [-0.25, -0.2) is 4.79 Å². The van der Waals surface area contributed by atoms with E-state index in [0.29, 0.717) is 5.76 Å². The van der Waals surface area contributed by atoms with E-state index in [1.54, 1.807) is 6.92 Å². The summed E-state index contributed by atoms with van der Waals surface area (Å²) in [6, 6.07) is 0. The average Bonchev–Trinajstić information content (AvgIpc) is 2.31. The van der Waals surface area contributed by atoms with Gasteiger partial charge < -0.3 is 9.52 Å². The molecule has 0 aliphatic carbocycles. The molecule has 1 aromatic rings. The SMILES string of the molecule is C#Cc1nc(C(=O)O)oc1C. The Hall–Kier alpha value is -1.76. The zero-order valence-corrected chi connectivity index (χ0v) is 5.79. The normalized spacial score (nSPS) is 9.09. The van der Waals surface area contributed by atoms with E-state index in [9.17, 15) is 4.79 Å². The first kappa shape index (κ1) is 7.35. The topological polar surface area (TPSA) is 63.3 Å². The summed E-state index contributed by atoms with van der Waals surface area (Å²) >= 11 is 0. The molecule has 0 bridgehead atoms. The largest absolute Gasteiger partial charge is 0.474 e. The van der Waals surface area contributed by atoms with E-state index in [1.807, 2.05) is 0 Å². The molecule has 0 radical (unpaired) electrons. The number of carbonyl (C=O) groups is 1. The van der Waals surface area contributed by atoms with Crippen molar-refractivity contribution < 1.29 is 14.3 Å². The number of carboxylic acids is 1. The van der Waals surface area contributed by atoms with Crippen molar-refractivity contribution >= 4 is 5.97 Å². The number of rotatable bonds is 1. The van der Waals surface area contributed by atoms with E-state index < -0.39 is 5.97 Å². The second kappa shape index (κ2) is 2.46. The van der Waals surface area contributed by atoms with Gasteiger partial charge in [0, 0.05) is 0 Å². The van der Waals surface area contributed by atoms with E-state index in [4.69, 9.17) is 15.9 Å². The Morgan fingerprint density at radius 1 is 1.82 bits per heavy atom. The molecule has 0 aliphatic rings. The second-order valence-electron chi connectivity index (χ2n) is 1.87. The fourth-order valence-corrected chi connectivity index (χ4v) is 0.622. The van der Waals surface area contributed by atoms with E-state index in [0.717, 1.165) is 0 Å². The Labute approximate surface area is 62.9 Å². The van der Waals surface area contributed by atoms with Gasteiger partial charge in [0.05, 0.1) is 0 Å². The van der Waals surface area contributed by atoms with Crippen molar-refractivity contribution in [2.24, 2.45) is 0 Å². The molecule has 1 heterocycles. The first-order chi connectivity index (χ1) is 5.15. The van der Waals surface area contributed by atoms with Crippen LogP contribution in [0.2, 0.25) is 0 Å². The lowest BCUT2D eigenvalue weighted by Gasteiger charge is -1.79. The van der Waals surface area contributed by atoms with Gasteiger partial charge in [0.2, 0.25) is 0 Å². The summed E-state index contributed by atoms with van der Waals surface area (Å²) in [6.45, 7) is 1.56. The van der Waals surface area contributed by atoms with Gasteiger partial charge in [0.25, 0.3) is 0 Å². The minimum Gasteiger partial charge on any atom is -0.474 e. The lowest BCUT2D eigenvalue weighted by Crippen LogP contribution is -1.95. The maximum atomic E-state index is 10.3. The predicted molar refractivity (Wildman–Crippen MR) is 36.1 cm³/mol. The number of hydrogen-bond acceptors (Lipinski definition) is 3. The standard InChI is InChI=1S/C7H5NO3/c1-3-5-4(2)11-6(8-5)7(9)10/h1H,2H3,(H,9,10). The van der Waals surface area contributed by atoms with Gasteiger partial charge in [0.15, 0.2) is 5.69 Å². The molecule has 0 saturated carbocycles. The third-order valence-electron chi connectivity index (χ3n) is 1.12. The van der Waals surface area contributed by atoms with Gasteiger partial charge in [-0.1, -0.05) is 0 Å². The molecule has 11 heavy (non-hydrogen) atoms. The smallest absolute Gasteiger partial charge is 0.392 e. The van der Waals surface area contributed by atoms with E-state index in [1.165, 1.54) is 0 Å². The molecule has 0 unspecified atom stereocenters. The first-order valence-electron chi connectivity index (χ1n) is 2.82. The Bertz CT molecular complexity index is 332. The monoisotopic (exact) mass is 151 g/mol. The Balaban J connectivity index is 3.18. The number of aryl methyl sites for hydroxylation is 1. The van der Waals surface area contributed by atoms with Crippen LogP contribution in [0.25, 0.3) is 0 Å². The van der Waals surface area contributed by atoms with E-state index in [-0.39, 0.29) is 11.6 Å². The average molecular weight is 151 g/mol. The van der Waals surface area contributed by atoms with Crippen molar-refractivity contribution in [3.63, 3.8) is 0 Å². The van der Waals surface area contributed by atoms with Crippen molar-refractivity contribution in [3.05, 3.63) is 17.3 Å². The van der Waals surface area contributed by atoms with Crippen LogP contribution in [0.4, 0.5) is 0 Å². The number of oxazole rings is 1. The molecule has 0 aromatic carbocycles. The van der Waals surface area contributed by atoms with Gasteiger partial charge in [-0.2, -0.15) is 4.98 Å². The predicted octanol–water partition coefficient (Wildman–Crippen LogP) is 0.663. The molecule has 1 N–H and O–H groups in total. The quantitative estimate of drug-likeness (QED) is 0.599. The molecule has 4 nitrogen and oxygen atoms in total. The highest BCUT2D eigenvalue weighted by Crippen LogP contribution is 2.07. The zero-order chi connectivity index (χ0) is 8.43. The van der Waals surface area contributed by atoms with Crippen LogP contribution in [0.3, 0.4) is 0 Å².